The molecule has 0 heterocycles. The summed E-state index contributed by atoms with van der Waals surface area (Å²) in [4.78, 5) is 14.1. The Hall–Kier alpha value is -1.51. The number of nitrogens with one attached hydrogen (secondary N) is 1. The SMILES string of the molecule is CCN(Cc1cccc(C)c1)C(=O)NC1CCCC1. The van der Waals surface area contributed by atoms with E-state index in [0.29, 0.717) is 12.6 Å². The number of hydrogen-bond donors (Lipinski definition) is 1. The first-order chi connectivity index (χ1) is 9.19. The van der Waals surface area contributed by atoms with Gasteiger partial charge in [-0.3, -0.25) is 0 Å². The largest absolute Gasteiger partial charge is 0.335 e. The normalized spacial score (nSPS) is 15.5. The van der Waals surface area contributed by atoms with Crippen molar-refractivity contribution < 1.29 is 4.79 Å². The van der Waals surface area contributed by atoms with Crippen molar-refractivity contribution in [2.24, 2.45) is 0 Å². The van der Waals surface area contributed by atoms with E-state index in [2.05, 4.69) is 30.4 Å². The first kappa shape index (κ1) is 13.9. The molecule has 1 aliphatic rings. The smallest absolute Gasteiger partial charge is 0.317 e. The van der Waals surface area contributed by atoms with Gasteiger partial charge >= 0.3 is 6.03 Å². The lowest BCUT2D eigenvalue weighted by molar-refractivity contribution is 0.194. The summed E-state index contributed by atoms with van der Waals surface area (Å²) < 4.78 is 0. The summed E-state index contributed by atoms with van der Waals surface area (Å²) in [7, 11) is 0. The van der Waals surface area contributed by atoms with Crippen molar-refractivity contribution in [3.8, 4) is 0 Å². The molecule has 0 bridgehead atoms. The molecule has 1 aromatic carbocycles. The standard InChI is InChI=1S/C16H24N2O/c1-3-18(12-14-8-6-7-13(2)11-14)16(19)17-15-9-4-5-10-15/h6-8,11,15H,3-5,9-10,12H2,1-2H3,(H,17,19). The summed E-state index contributed by atoms with van der Waals surface area (Å²) in [5.74, 6) is 0. The molecule has 1 N–H and O–H groups in total. The molecule has 1 aliphatic carbocycles. The highest BCUT2D eigenvalue weighted by Gasteiger charge is 2.20. The molecule has 1 aromatic rings. The third-order valence-electron chi connectivity index (χ3n) is 3.81. The minimum Gasteiger partial charge on any atom is -0.335 e. The van der Waals surface area contributed by atoms with Crippen LogP contribution in [0.5, 0.6) is 0 Å². The Morgan fingerprint density at radius 3 is 2.74 bits per heavy atom. The number of amides is 2. The van der Waals surface area contributed by atoms with Crippen LogP contribution in [0.4, 0.5) is 4.79 Å². The summed E-state index contributed by atoms with van der Waals surface area (Å²) in [5, 5.41) is 3.15. The van der Waals surface area contributed by atoms with Gasteiger partial charge in [0.05, 0.1) is 0 Å². The molecule has 0 atom stereocenters. The number of carbonyl (C=O) groups is 1. The Labute approximate surface area is 116 Å². The number of benzene rings is 1. The fourth-order valence-corrected chi connectivity index (χ4v) is 2.69. The van der Waals surface area contributed by atoms with E-state index < -0.39 is 0 Å². The molecule has 104 valence electrons. The average molecular weight is 260 g/mol. The fourth-order valence-electron chi connectivity index (χ4n) is 2.69. The van der Waals surface area contributed by atoms with Gasteiger partial charge < -0.3 is 10.2 Å². The Kier molecular flexibility index (Phi) is 4.83. The van der Waals surface area contributed by atoms with Crippen LogP contribution in [0.3, 0.4) is 0 Å². The summed E-state index contributed by atoms with van der Waals surface area (Å²) in [6, 6.07) is 8.82. The van der Waals surface area contributed by atoms with E-state index in [-0.39, 0.29) is 6.03 Å². The fraction of sp³-hybridized carbons (Fsp3) is 0.562. The minimum atomic E-state index is 0.0795. The lowest BCUT2D eigenvalue weighted by Gasteiger charge is -2.24. The Morgan fingerprint density at radius 1 is 1.37 bits per heavy atom. The Bertz CT molecular complexity index is 425. The van der Waals surface area contributed by atoms with Crippen LogP contribution < -0.4 is 5.32 Å². The van der Waals surface area contributed by atoms with Gasteiger partial charge in [0.2, 0.25) is 0 Å². The van der Waals surface area contributed by atoms with Gasteiger partial charge in [-0.05, 0) is 32.3 Å². The van der Waals surface area contributed by atoms with E-state index >= 15 is 0 Å². The maximum atomic E-state index is 12.2. The van der Waals surface area contributed by atoms with Crippen molar-refractivity contribution in [1.29, 1.82) is 0 Å². The number of aryl methyl sites for hydroxylation is 1. The van der Waals surface area contributed by atoms with Crippen LogP contribution in [-0.4, -0.2) is 23.5 Å². The molecule has 0 radical (unpaired) electrons. The second kappa shape index (κ2) is 6.60. The topological polar surface area (TPSA) is 32.3 Å². The van der Waals surface area contributed by atoms with E-state index in [1.807, 2.05) is 17.9 Å². The van der Waals surface area contributed by atoms with Crippen molar-refractivity contribution in [3.05, 3.63) is 35.4 Å². The lowest BCUT2D eigenvalue weighted by atomic mass is 10.1. The third kappa shape index (κ3) is 3.98. The van der Waals surface area contributed by atoms with Crippen molar-refractivity contribution in [2.45, 2.75) is 52.1 Å². The highest BCUT2D eigenvalue weighted by Crippen LogP contribution is 2.18. The molecule has 0 aromatic heterocycles. The summed E-state index contributed by atoms with van der Waals surface area (Å²) >= 11 is 0. The van der Waals surface area contributed by atoms with E-state index in [1.54, 1.807) is 0 Å². The number of nitrogens with zero attached hydrogens (tertiary/aromatic N) is 1. The minimum absolute atomic E-state index is 0.0795. The highest BCUT2D eigenvalue weighted by molar-refractivity contribution is 5.74. The zero-order valence-corrected chi connectivity index (χ0v) is 12.0. The second-order valence-electron chi connectivity index (χ2n) is 5.43. The first-order valence-electron chi connectivity index (χ1n) is 7.30. The molecular weight excluding hydrogens is 236 g/mol. The van der Waals surface area contributed by atoms with E-state index in [4.69, 9.17) is 0 Å². The molecule has 3 heteroatoms. The lowest BCUT2D eigenvalue weighted by Crippen LogP contribution is -2.43. The zero-order chi connectivity index (χ0) is 13.7. The monoisotopic (exact) mass is 260 g/mol. The maximum absolute atomic E-state index is 12.2. The van der Waals surface area contributed by atoms with Gasteiger partial charge in [-0.2, -0.15) is 0 Å². The number of urea groups is 1. The van der Waals surface area contributed by atoms with Gasteiger partial charge in [0.1, 0.15) is 0 Å². The van der Waals surface area contributed by atoms with Gasteiger partial charge in [-0.1, -0.05) is 42.7 Å². The molecule has 0 saturated heterocycles. The van der Waals surface area contributed by atoms with E-state index in [9.17, 15) is 4.79 Å². The van der Waals surface area contributed by atoms with Gasteiger partial charge in [-0.15, -0.1) is 0 Å². The van der Waals surface area contributed by atoms with Crippen LogP contribution in [0.2, 0.25) is 0 Å². The Balaban J connectivity index is 1.93. The van der Waals surface area contributed by atoms with Gasteiger partial charge in [0.15, 0.2) is 0 Å². The quantitative estimate of drug-likeness (QED) is 0.883. The van der Waals surface area contributed by atoms with Crippen molar-refractivity contribution >= 4 is 6.03 Å². The van der Waals surface area contributed by atoms with Crippen LogP contribution in [0.25, 0.3) is 0 Å². The molecule has 1 saturated carbocycles. The summed E-state index contributed by atoms with van der Waals surface area (Å²) in [5.41, 5.74) is 2.44. The maximum Gasteiger partial charge on any atom is 0.317 e. The number of rotatable bonds is 4. The van der Waals surface area contributed by atoms with Gasteiger partial charge in [-0.25, -0.2) is 4.79 Å². The van der Waals surface area contributed by atoms with Gasteiger partial charge in [0, 0.05) is 19.1 Å². The van der Waals surface area contributed by atoms with Crippen molar-refractivity contribution in [1.82, 2.24) is 10.2 Å². The van der Waals surface area contributed by atoms with Crippen LogP contribution in [0.15, 0.2) is 24.3 Å². The molecule has 3 nitrogen and oxygen atoms in total. The van der Waals surface area contributed by atoms with Crippen LogP contribution in [-0.2, 0) is 6.54 Å². The molecule has 19 heavy (non-hydrogen) atoms. The number of hydrogen-bond acceptors (Lipinski definition) is 1. The molecule has 0 unspecified atom stereocenters. The average Bonchev–Trinajstić information content (AvgIpc) is 2.88. The van der Waals surface area contributed by atoms with Crippen molar-refractivity contribution in [3.63, 3.8) is 0 Å². The summed E-state index contributed by atoms with van der Waals surface area (Å²) in [6.07, 6.45) is 4.76. The number of carbonyl (C=O) groups excluding carboxylic acids is 1. The second-order valence-corrected chi connectivity index (χ2v) is 5.43. The van der Waals surface area contributed by atoms with E-state index in [1.165, 1.54) is 24.0 Å². The van der Waals surface area contributed by atoms with Crippen LogP contribution in [0, 0.1) is 6.92 Å². The molecular formula is C16H24N2O. The predicted molar refractivity (Wildman–Crippen MR) is 78.1 cm³/mol. The Morgan fingerprint density at radius 2 is 2.11 bits per heavy atom. The third-order valence-corrected chi connectivity index (χ3v) is 3.81. The zero-order valence-electron chi connectivity index (χ0n) is 12.0. The molecule has 1 fully saturated rings. The summed E-state index contributed by atoms with van der Waals surface area (Å²) in [6.45, 7) is 5.55. The highest BCUT2D eigenvalue weighted by atomic mass is 16.2. The van der Waals surface area contributed by atoms with E-state index in [0.717, 1.165) is 19.4 Å². The van der Waals surface area contributed by atoms with Gasteiger partial charge in [0.25, 0.3) is 0 Å². The van der Waals surface area contributed by atoms with Crippen LogP contribution >= 0.6 is 0 Å². The molecule has 2 amide bonds. The molecule has 2 rings (SSSR count). The first-order valence-corrected chi connectivity index (χ1v) is 7.30. The molecule has 0 spiro atoms. The molecule has 0 aliphatic heterocycles. The predicted octanol–water partition coefficient (Wildman–Crippen LogP) is 3.47. The van der Waals surface area contributed by atoms with Crippen molar-refractivity contribution in [2.75, 3.05) is 6.54 Å². The van der Waals surface area contributed by atoms with Crippen LogP contribution in [0.1, 0.15) is 43.7 Å².